The second-order valence-corrected chi connectivity index (χ2v) is 11.6. The summed E-state index contributed by atoms with van der Waals surface area (Å²) >= 11 is 0. The van der Waals surface area contributed by atoms with Gasteiger partial charge in [0.05, 0.1) is 31.1 Å². The third-order valence-corrected chi connectivity index (χ3v) is 7.97. The number of hydrogen-bond acceptors (Lipinski definition) is 7. The van der Waals surface area contributed by atoms with Crippen LogP contribution in [0.15, 0.2) is 66.1 Å². The van der Waals surface area contributed by atoms with Crippen molar-refractivity contribution in [3.05, 3.63) is 66.6 Å². The molecule has 0 bridgehead atoms. The smallest absolute Gasteiger partial charge is 0.321 e. The number of carbonyl (C=O) groups is 2. The van der Waals surface area contributed by atoms with Crippen LogP contribution in [0.2, 0.25) is 0 Å². The lowest BCUT2D eigenvalue weighted by Gasteiger charge is -2.38. The van der Waals surface area contributed by atoms with E-state index in [9.17, 15) is 23.1 Å². The van der Waals surface area contributed by atoms with Gasteiger partial charge in [0.1, 0.15) is 11.9 Å². The quantitative estimate of drug-likeness (QED) is 0.377. The molecule has 0 unspecified atom stereocenters. The van der Waals surface area contributed by atoms with Crippen LogP contribution < -0.4 is 14.8 Å². The summed E-state index contributed by atoms with van der Waals surface area (Å²) in [6.45, 7) is 3.85. The summed E-state index contributed by atoms with van der Waals surface area (Å²) in [5.74, 6) is -0.370. The first-order valence-corrected chi connectivity index (χ1v) is 14.3. The minimum atomic E-state index is -4.00. The zero-order chi connectivity index (χ0) is 29.0. The van der Waals surface area contributed by atoms with E-state index in [4.69, 9.17) is 4.74 Å². The average molecular weight is 571 g/mol. The maximum absolute atomic E-state index is 13.6. The maximum Gasteiger partial charge on any atom is 0.321 e. The Bertz CT molecular complexity index is 1460. The van der Waals surface area contributed by atoms with Crippen molar-refractivity contribution < 1.29 is 27.9 Å². The van der Waals surface area contributed by atoms with Gasteiger partial charge in [-0.25, -0.2) is 9.78 Å². The van der Waals surface area contributed by atoms with Crippen molar-refractivity contribution in [2.45, 2.75) is 31.0 Å². The number of nitrogens with zero attached hydrogens (tertiary/aromatic N) is 4. The van der Waals surface area contributed by atoms with Gasteiger partial charge in [-0.1, -0.05) is 25.1 Å². The van der Waals surface area contributed by atoms with E-state index < -0.39 is 28.1 Å². The number of rotatable bonds is 8. The number of benzene rings is 2. The lowest BCUT2D eigenvalue weighted by Crippen LogP contribution is -2.50. The topological polar surface area (TPSA) is 146 Å². The molecule has 12 nitrogen and oxygen atoms in total. The Morgan fingerprint density at radius 2 is 1.95 bits per heavy atom. The van der Waals surface area contributed by atoms with Gasteiger partial charge in [0, 0.05) is 44.1 Å². The van der Waals surface area contributed by atoms with Crippen molar-refractivity contribution in [2.75, 3.05) is 36.8 Å². The minimum absolute atomic E-state index is 0.134. The molecule has 3 atom stereocenters. The number of urea groups is 1. The van der Waals surface area contributed by atoms with Crippen LogP contribution in [0, 0.1) is 5.92 Å². The van der Waals surface area contributed by atoms with E-state index in [-0.39, 0.29) is 53.7 Å². The van der Waals surface area contributed by atoms with Gasteiger partial charge in [-0.05, 0) is 37.3 Å². The molecule has 1 aliphatic rings. The predicted molar refractivity (Wildman–Crippen MR) is 150 cm³/mol. The average Bonchev–Trinajstić information content (AvgIpc) is 3.38. The third kappa shape index (κ3) is 6.54. The van der Waals surface area contributed by atoms with Crippen LogP contribution in [0.4, 0.5) is 16.2 Å². The van der Waals surface area contributed by atoms with Crippen LogP contribution in [0.3, 0.4) is 0 Å². The van der Waals surface area contributed by atoms with E-state index in [0.29, 0.717) is 5.69 Å². The molecule has 0 spiro atoms. The molecular weight excluding hydrogens is 536 g/mol. The van der Waals surface area contributed by atoms with Crippen molar-refractivity contribution in [3.63, 3.8) is 0 Å². The lowest BCUT2D eigenvalue weighted by atomic mass is 9.99. The molecule has 0 aliphatic carbocycles. The van der Waals surface area contributed by atoms with Gasteiger partial charge >= 0.3 is 6.03 Å². The Balaban J connectivity index is 1.61. The van der Waals surface area contributed by atoms with E-state index in [1.165, 1.54) is 40.2 Å². The van der Waals surface area contributed by atoms with Crippen LogP contribution in [-0.4, -0.2) is 83.7 Å². The molecule has 3 amide bonds. The van der Waals surface area contributed by atoms with Gasteiger partial charge in [-0.15, -0.1) is 0 Å². The molecule has 40 heavy (non-hydrogen) atoms. The summed E-state index contributed by atoms with van der Waals surface area (Å²) in [6, 6.07) is 12.7. The van der Waals surface area contributed by atoms with Crippen molar-refractivity contribution in [2.24, 2.45) is 13.0 Å². The van der Waals surface area contributed by atoms with E-state index in [0.717, 1.165) is 0 Å². The van der Waals surface area contributed by atoms with Gasteiger partial charge in [-0.3, -0.25) is 9.52 Å². The van der Waals surface area contributed by atoms with Crippen molar-refractivity contribution >= 4 is 33.3 Å². The summed E-state index contributed by atoms with van der Waals surface area (Å²) in [4.78, 5) is 33.4. The Morgan fingerprint density at radius 3 is 2.60 bits per heavy atom. The third-order valence-electron chi connectivity index (χ3n) is 6.70. The Kier molecular flexibility index (Phi) is 8.64. The van der Waals surface area contributed by atoms with Crippen LogP contribution in [0.25, 0.3) is 0 Å². The molecule has 3 N–H and O–H groups in total. The fourth-order valence-corrected chi connectivity index (χ4v) is 5.36. The zero-order valence-electron chi connectivity index (χ0n) is 22.8. The fraction of sp³-hybridized carbons (Fsp3) is 0.370. The highest BCUT2D eigenvalue weighted by Gasteiger charge is 2.34. The first-order valence-electron chi connectivity index (χ1n) is 12.8. The number of hydrogen-bond donors (Lipinski definition) is 3. The number of sulfonamides is 1. The highest BCUT2D eigenvalue weighted by Crippen LogP contribution is 2.31. The summed E-state index contributed by atoms with van der Waals surface area (Å²) in [7, 11) is -0.684. The molecular formula is C27H34N6O6S. The molecule has 2 heterocycles. The second kappa shape index (κ2) is 12.0. The fourth-order valence-electron chi connectivity index (χ4n) is 4.33. The van der Waals surface area contributed by atoms with Crippen LogP contribution in [0.1, 0.15) is 24.2 Å². The molecule has 1 aromatic heterocycles. The summed E-state index contributed by atoms with van der Waals surface area (Å²) in [6.07, 6.45) is 2.23. The number of ether oxygens (including phenoxy) is 1. The molecule has 13 heteroatoms. The highest BCUT2D eigenvalue weighted by molar-refractivity contribution is 7.92. The Morgan fingerprint density at radius 1 is 1.23 bits per heavy atom. The number of fused-ring (bicyclic) bond motifs is 1. The van der Waals surface area contributed by atoms with E-state index in [1.54, 1.807) is 38.1 Å². The molecule has 0 saturated heterocycles. The normalized spacial score (nSPS) is 18.1. The number of likely N-dealkylation sites (N-methyl/N-ethyl adjacent to an activating group) is 1. The molecule has 0 radical (unpaired) electrons. The van der Waals surface area contributed by atoms with E-state index >= 15 is 0 Å². The Hall–Kier alpha value is -4.10. The molecule has 3 aromatic rings. The van der Waals surface area contributed by atoms with Crippen LogP contribution in [0.5, 0.6) is 5.75 Å². The first kappa shape index (κ1) is 28.9. The number of anilines is 2. The molecule has 2 aromatic carbocycles. The van der Waals surface area contributed by atoms with E-state index in [2.05, 4.69) is 15.0 Å². The summed E-state index contributed by atoms with van der Waals surface area (Å²) < 4.78 is 35.9. The lowest BCUT2D eigenvalue weighted by molar-refractivity contribution is 0.0371. The number of aromatic nitrogens is 2. The van der Waals surface area contributed by atoms with Crippen LogP contribution >= 0.6 is 0 Å². The largest absolute Gasteiger partial charge is 0.487 e. The number of amides is 3. The number of aliphatic hydroxyl groups is 1. The number of aryl methyl sites for hydroxylation is 1. The monoisotopic (exact) mass is 570 g/mol. The Labute approximate surface area is 233 Å². The maximum atomic E-state index is 13.6. The number of aliphatic hydroxyl groups excluding tert-OH is 1. The molecule has 4 rings (SSSR count). The summed E-state index contributed by atoms with van der Waals surface area (Å²) in [5, 5.41) is 12.6. The van der Waals surface area contributed by atoms with Gasteiger partial charge in [0.15, 0.2) is 5.03 Å². The first-order chi connectivity index (χ1) is 19.0. The number of carbonyl (C=O) groups excluding carboxylic acids is 2. The van der Waals surface area contributed by atoms with Crippen molar-refractivity contribution in [1.29, 1.82) is 0 Å². The van der Waals surface area contributed by atoms with Gasteiger partial charge in [-0.2, -0.15) is 8.42 Å². The van der Waals surface area contributed by atoms with Gasteiger partial charge in [0.25, 0.3) is 15.9 Å². The van der Waals surface area contributed by atoms with Crippen LogP contribution in [-0.2, 0) is 17.1 Å². The highest BCUT2D eigenvalue weighted by atomic mass is 32.2. The molecule has 214 valence electrons. The number of nitrogens with one attached hydrogen (secondary N) is 2. The zero-order valence-corrected chi connectivity index (χ0v) is 23.6. The number of imidazole rings is 1. The molecule has 1 aliphatic heterocycles. The molecule has 0 saturated carbocycles. The standard InChI is InChI=1S/C27H34N6O6S/c1-18-13-33(19(2)16-34)26(35)22-12-21(30-40(37,38)25-15-31(3)17-28-25)10-11-23(22)39-24(18)14-32(4)27(36)29-20-8-6-5-7-9-20/h5-12,15,17-19,24,30,34H,13-14,16H2,1-4H3,(H,29,36)/t18-,19-,24+/m1/s1. The van der Waals surface area contributed by atoms with Crippen molar-refractivity contribution in [3.8, 4) is 5.75 Å². The number of para-hydroxylation sites is 1. The minimum Gasteiger partial charge on any atom is -0.487 e. The van der Waals surface area contributed by atoms with E-state index in [1.807, 2.05) is 25.1 Å². The molecule has 0 fully saturated rings. The van der Waals surface area contributed by atoms with Crippen molar-refractivity contribution in [1.82, 2.24) is 19.4 Å². The van der Waals surface area contributed by atoms with Gasteiger partial charge < -0.3 is 29.5 Å². The van der Waals surface area contributed by atoms with Gasteiger partial charge in [0.2, 0.25) is 0 Å². The predicted octanol–water partition coefficient (Wildman–Crippen LogP) is 2.60. The SMILES string of the molecule is C[C@@H]1CN([C@H](C)CO)C(=O)c2cc(NS(=O)(=O)c3cn(C)cn3)ccc2O[C@H]1CN(C)C(=O)Nc1ccccc1. The second-order valence-electron chi connectivity index (χ2n) is 9.99. The summed E-state index contributed by atoms with van der Waals surface area (Å²) in [5.41, 5.74) is 0.947.